The number of hydrogen-bond acceptors (Lipinski definition) is 4. The van der Waals surface area contributed by atoms with Gasteiger partial charge in [-0.2, -0.15) is 5.26 Å². The summed E-state index contributed by atoms with van der Waals surface area (Å²) in [6.45, 7) is 2.39. The quantitative estimate of drug-likeness (QED) is 0.332. The van der Waals surface area contributed by atoms with E-state index in [1.807, 2.05) is 13.0 Å². The number of hydrogen-bond donors (Lipinski definition) is 1. The lowest BCUT2D eigenvalue weighted by Gasteiger charge is -2.15. The smallest absolute Gasteiger partial charge is 0.262 e. The van der Waals surface area contributed by atoms with Gasteiger partial charge in [-0.05, 0) is 55.7 Å². The summed E-state index contributed by atoms with van der Waals surface area (Å²) >= 11 is 18.6. The molecule has 0 aromatic heterocycles. The normalized spacial score (nSPS) is 14.2. The predicted octanol–water partition coefficient (Wildman–Crippen LogP) is 6.59. The molecule has 32 heavy (non-hydrogen) atoms. The minimum Gasteiger partial charge on any atom is -0.490 e. The average molecular weight is 494 g/mol. The lowest BCUT2D eigenvalue weighted by atomic mass is 10.1. The van der Waals surface area contributed by atoms with E-state index in [2.05, 4.69) is 5.32 Å². The van der Waals surface area contributed by atoms with Crippen molar-refractivity contribution in [3.63, 3.8) is 0 Å². The molecule has 2 aromatic carbocycles. The van der Waals surface area contributed by atoms with Crippen molar-refractivity contribution in [2.24, 2.45) is 0 Å². The van der Waals surface area contributed by atoms with Crippen LogP contribution in [0.5, 0.6) is 11.5 Å². The maximum absolute atomic E-state index is 12.5. The van der Waals surface area contributed by atoms with Crippen LogP contribution < -0.4 is 14.8 Å². The molecule has 1 N–H and O–H groups in total. The van der Waals surface area contributed by atoms with Crippen LogP contribution in [0.4, 0.5) is 0 Å². The lowest BCUT2D eigenvalue weighted by Crippen LogP contribution is -2.33. The molecule has 5 nitrogen and oxygen atoms in total. The molecule has 1 saturated carbocycles. The standard InChI is InChI=1S/C24H23Cl3N2O3/c1-2-31-22-11-15(9-17(13-28)24(30)29-19-5-3-4-6-19)10-21(27)23(22)32-14-16-7-8-18(25)12-20(16)26/h7-12,19H,2-6,14H2,1H3,(H,29,30)/b17-9-. The number of carbonyl (C=O) groups excluding carboxylic acids is 1. The zero-order valence-electron chi connectivity index (χ0n) is 17.6. The molecule has 1 aliphatic carbocycles. The van der Waals surface area contributed by atoms with Gasteiger partial charge in [-0.1, -0.05) is 53.7 Å². The summed E-state index contributed by atoms with van der Waals surface area (Å²) in [5.74, 6) is 0.376. The van der Waals surface area contributed by atoms with Crippen molar-refractivity contribution in [3.8, 4) is 17.6 Å². The van der Waals surface area contributed by atoms with E-state index >= 15 is 0 Å². The highest BCUT2D eigenvalue weighted by atomic mass is 35.5. The Labute approximate surface area is 202 Å². The highest BCUT2D eigenvalue weighted by Gasteiger charge is 2.20. The number of nitrogens with one attached hydrogen (secondary N) is 1. The van der Waals surface area contributed by atoms with Crippen LogP contribution in [0.2, 0.25) is 15.1 Å². The van der Waals surface area contributed by atoms with Crippen molar-refractivity contribution >= 4 is 46.8 Å². The van der Waals surface area contributed by atoms with Crippen molar-refractivity contribution in [1.82, 2.24) is 5.32 Å². The molecule has 0 aliphatic heterocycles. The Morgan fingerprint density at radius 1 is 1.16 bits per heavy atom. The molecule has 8 heteroatoms. The molecule has 3 rings (SSSR count). The molecule has 0 bridgehead atoms. The van der Waals surface area contributed by atoms with Crippen molar-refractivity contribution in [3.05, 3.63) is 62.1 Å². The maximum atomic E-state index is 12.5. The van der Waals surface area contributed by atoms with Gasteiger partial charge in [0.1, 0.15) is 18.2 Å². The molecule has 0 saturated heterocycles. The molecule has 0 atom stereocenters. The highest BCUT2D eigenvalue weighted by Crippen LogP contribution is 2.38. The van der Waals surface area contributed by atoms with Gasteiger partial charge in [0.15, 0.2) is 11.5 Å². The van der Waals surface area contributed by atoms with Crippen LogP contribution in [-0.4, -0.2) is 18.6 Å². The van der Waals surface area contributed by atoms with Gasteiger partial charge in [-0.25, -0.2) is 0 Å². The van der Waals surface area contributed by atoms with Gasteiger partial charge in [-0.3, -0.25) is 4.79 Å². The summed E-state index contributed by atoms with van der Waals surface area (Å²) in [6.07, 6.45) is 5.56. The number of rotatable bonds is 8. The number of amides is 1. The summed E-state index contributed by atoms with van der Waals surface area (Å²) in [7, 11) is 0. The second kappa shape index (κ2) is 11.5. The number of carbonyl (C=O) groups is 1. The van der Waals surface area contributed by atoms with Gasteiger partial charge in [0, 0.05) is 21.7 Å². The first kappa shape index (κ1) is 24.3. The number of benzene rings is 2. The Hall–Kier alpha value is -2.39. The van der Waals surface area contributed by atoms with Gasteiger partial charge >= 0.3 is 0 Å². The van der Waals surface area contributed by atoms with Crippen LogP contribution >= 0.6 is 34.8 Å². The van der Waals surface area contributed by atoms with Gasteiger partial charge < -0.3 is 14.8 Å². The van der Waals surface area contributed by atoms with Crippen LogP contribution in [0.1, 0.15) is 43.7 Å². The van der Waals surface area contributed by atoms with E-state index in [-0.39, 0.29) is 24.1 Å². The summed E-state index contributed by atoms with van der Waals surface area (Å²) in [5.41, 5.74) is 1.32. The first-order valence-corrected chi connectivity index (χ1v) is 11.5. The molecule has 0 spiro atoms. The van der Waals surface area contributed by atoms with Crippen LogP contribution in [0.15, 0.2) is 35.9 Å². The average Bonchev–Trinajstić information content (AvgIpc) is 3.25. The molecule has 1 amide bonds. The molecule has 1 aliphatic rings. The van der Waals surface area contributed by atoms with Crippen molar-refractivity contribution in [2.75, 3.05) is 6.61 Å². The van der Waals surface area contributed by atoms with Crippen LogP contribution in [0.25, 0.3) is 6.08 Å². The van der Waals surface area contributed by atoms with Crippen LogP contribution in [-0.2, 0) is 11.4 Å². The van der Waals surface area contributed by atoms with E-state index in [1.165, 1.54) is 6.08 Å². The second-order valence-electron chi connectivity index (χ2n) is 7.41. The summed E-state index contributed by atoms with van der Waals surface area (Å²) in [6, 6.07) is 10.6. The Bertz CT molecular complexity index is 1060. The Balaban J connectivity index is 1.82. The first-order chi connectivity index (χ1) is 15.4. The van der Waals surface area contributed by atoms with Crippen molar-refractivity contribution in [1.29, 1.82) is 5.26 Å². The molecular weight excluding hydrogens is 471 g/mol. The Morgan fingerprint density at radius 2 is 1.91 bits per heavy atom. The van der Waals surface area contributed by atoms with E-state index in [1.54, 1.807) is 30.3 Å². The molecule has 0 radical (unpaired) electrons. The van der Waals surface area contributed by atoms with E-state index in [9.17, 15) is 10.1 Å². The van der Waals surface area contributed by atoms with Crippen molar-refractivity contribution in [2.45, 2.75) is 45.3 Å². The molecule has 0 heterocycles. The Kier molecular flexibility index (Phi) is 8.69. The molecular formula is C24H23Cl3N2O3. The maximum Gasteiger partial charge on any atom is 0.262 e. The first-order valence-electron chi connectivity index (χ1n) is 10.4. The predicted molar refractivity (Wildman–Crippen MR) is 127 cm³/mol. The number of halogens is 3. The largest absolute Gasteiger partial charge is 0.490 e. The lowest BCUT2D eigenvalue weighted by molar-refractivity contribution is -0.117. The fraction of sp³-hybridized carbons (Fsp3) is 0.333. The monoisotopic (exact) mass is 492 g/mol. The number of nitrogens with zero attached hydrogens (tertiary/aromatic N) is 1. The summed E-state index contributed by atoms with van der Waals surface area (Å²) in [5, 5.41) is 13.7. The van der Waals surface area contributed by atoms with Gasteiger partial charge in [-0.15, -0.1) is 0 Å². The molecule has 168 valence electrons. The van der Waals surface area contributed by atoms with Gasteiger partial charge in [0.25, 0.3) is 5.91 Å². The SMILES string of the molecule is CCOc1cc(/C=C(/C#N)C(=O)NC2CCCC2)cc(Cl)c1OCc1ccc(Cl)cc1Cl. The minimum absolute atomic E-state index is 0.0111. The highest BCUT2D eigenvalue weighted by molar-refractivity contribution is 6.35. The molecule has 1 fully saturated rings. The van der Waals surface area contributed by atoms with E-state index < -0.39 is 0 Å². The summed E-state index contributed by atoms with van der Waals surface area (Å²) < 4.78 is 11.6. The minimum atomic E-state index is -0.383. The zero-order valence-corrected chi connectivity index (χ0v) is 19.9. The number of ether oxygens (including phenoxy) is 2. The third-order valence-electron chi connectivity index (χ3n) is 5.09. The van der Waals surface area contributed by atoms with E-state index in [0.717, 1.165) is 31.2 Å². The third kappa shape index (κ3) is 6.32. The fourth-order valence-electron chi connectivity index (χ4n) is 3.51. The zero-order chi connectivity index (χ0) is 23.1. The molecule has 0 unspecified atom stereocenters. The summed E-state index contributed by atoms with van der Waals surface area (Å²) in [4.78, 5) is 12.5. The molecule has 2 aromatic rings. The Morgan fingerprint density at radius 3 is 2.56 bits per heavy atom. The van der Waals surface area contributed by atoms with E-state index in [0.29, 0.717) is 38.7 Å². The van der Waals surface area contributed by atoms with Gasteiger partial charge in [0.05, 0.1) is 11.6 Å². The van der Waals surface area contributed by atoms with Gasteiger partial charge in [0.2, 0.25) is 0 Å². The van der Waals surface area contributed by atoms with Crippen LogP contribution in [0.3, 0.4) is 0 Å². The topological polar surface area (TPSA) is 71.3 Å². The van der Waals surface area contributed by atoms with E-state index in [4.69, 9.17) is 44.3 Å². The fourth-order valence-corrected chi connectivity index (χ4v) is 4.25. The number of nitriles is 1. The second-order valence-corrected chi connectivity index (χ2v) is 8.66. The third-order valence-corrected chi connectivity index (χ3v) is 5.95. The van der Waals surface area contributed by atoms with Crippen molar-refractivity contribution < 1.29 is 14.3 Å². The van der Waals surface area contributed by atoms with Crippen LogP contribution in [0, 0.1) is 11.3 Å².